The lowest BCUT2D eigenvalue weighted by Gasteiger charge is -2.34. The Morgan fingerprint density at radius 3 is 2.58 bits per heavy atom. The van der Waals surface area contributed by atoms with Gasteiger partial charge in [0.2, 0.25) is 0 Å². The third-order valence-corrected chi connectivity index (χ3v) is 5.78. The monoisotopic (exact) mass is 336 g/mol. The van der Waals surface area contributed by atoms with Gasteiger partial charge in [-0.2, -0.15) is 11.8 Å². The van der Waals surface area contributed by atoms with E-state index in [1.165, 1.54) is 0 Å². The number of aromatic nitrogens is 1. The highest BCUT2D eigenvalue weighted by Gasteiger charge is 2.28. The first-order valence-electron chi connectivity index (χ1n) is 8.34. The van der Waals surface area contributed by atoms with E-state index in [2.05, 4.69) is 37.0 Å². The Kier molecular flexibility index (Phi) is 3.93. The Bertz CT molecular complexity index is 914. The van der Waals surface area contributed by atoms with Gasteiger partial charge in [-0.25, -0.2) is 0 Å². The molecule has 0 bridgehead atoms. The van der Waals surface area contributed by atoms with E-state index < -0.39 is 0 Å². The molecule has 0 radical (unpaired) electrons. The summed E-state index contributed by atoms with van der Waals surface area (Å²) in [5.41, 5.74) is 1.52. The summed E-state index contributed by atoms with van der Waals surface area (Å²) in [6, 6.07) is 14.2. The topological polar surface area (TPSA) is 33.2 Å². The van der Waals surface area contributed by atoms with Gasteiger partial charge < -0.3 is 4.90 Å². The molecule has 4 rings (SSSR count). The lowest BCUT2D eigenvalue weighted by molar-refractivity contribution is 0.0755. The van der Waals surface area contributed by atoms with Crippen molar-refractivity contribution in [2.45, 2.75) is 24.3 Å². The van der Waals surface area contributed by atoms with Gasteiger partial charge >= 0.3 is 0 Å². The maximum Gasteiger partial charge on any atom is 0.256 e. The summed E-state index contributed by atoms with van der Waals surface area (Å²) in [4.78, 5) is 19.7. The Labute approximate surface area is 146 Å². The van der Waals surface area contributed by atoms with Gasteiger partial charge in [-0.1, -0.05) is 44.2 Å². The molecule has 1 saturated heterocycles. The Hall–Kier alpha value is -2.07. The minimum atomic E-state index is 0.100. The van der Waals surface area contributed by atoms with Gasteiger partial charge in [-0.15, -0.1) is 0 Å². The molecule has 0 spiro atoms. The summed E-state index contributed by atoms with van der Waals surface area (Å²) in [5.74, 6) is 0.100. The Morgan fingerprint density at radius 2 is 1.79 bits per heavy atom. The molecule has 1 fully saturated rings. The summed E-state index contributed by atoms with van der Waals surface area (Å²) in [6.45, 7) is 5.98. The molecule has 4 heteroatoms. The number of carbonyl (C=O) groups excluding carboxylic acids is 1. The third-order valence-electron chi connectivity index (χ3n) is 4.55. The molecule has 2 aromatic carbocycles. The van der Waals surface area contributed by atoms with Gasteiger partial charge in [-0.3, -0.25) is 9.78 Å². The Balaban J connectivity index is 1.87. The predicted octanol–water partition coefficient (Wildman–Crippen LogP) is 4.35. The van der Waals surface area contributed by atoms with Crippen molar-refractivity contribution >= 4 is 39.3 Å². The molecule has 1 aromatic heterocycles. The third kappa shape index (κ3) is 2.65. The number of nitrogens with zero attached hydrogens (tertiary/aromatic N) is 2. The van der Waals surface area contributed by atoms with E-state index in [1.54, 1.807) is 6.20 Å². The number of hydrogen-bond acceptors (Lipinski definition) is 3. The highest BCUT2D eigenvalue weighted by Crippen LogP contribution is 2.30. The predicted molar refractivity (Wildman–Crippen MR) is 102 cm³/mol. The average molecular weight is 336 g/mol. The number of amides is 1. The van der Waals surface area contributed by atoms with Gasteiger partial charge in [0.1, 0.15) is 0 Å². The highest BCUT2D eigenvalue weighted by molar-refractivity contribution is 8.00. The maximum atomic E-state index is 13.2. The highest BCUT2D eigenvalue weighted by atomic mass is 32.2. The summed E-state index contributed by atoms with van der Waals surface area (Å²) < 4.78 is 0. The van der Waals surface area contributed by atoms with E-state index in [4.69, 9.17) is 0 Å². The lowest BCUT2D eigenvalue weighted by atomic mass is 10.00. The van der Waals surface area contributed by atoms with Crippen molar-refractivity contribution in [3.63, 3.8) is 0 Å². The normalized spacial score (nSPS) is 21.3. The summed E-state index contributed by atoms with van der Waals surface area (Å²) in [5, 5.41) is 4.23. The number of hydrogen-bond donors (Lipinski definition) is 0. The van der Waals surface area contributed by atoms with Crippen LogP contribution in [-0.4, -0.2) is 39.4 Å². The summed E-state index contributed by atoms with van der Waals surface area (Å²) >= 11 is 1.95. The largest absolute Gasteiger partial charge is 0.336 e. The first kappa shape index (κ1) is 15.5. The molecule has 1 aliphatic heterocycles. The van der Waals surface area contributed by atoms with Gasteiger partial charge in [0.15, 0.2) is 0 Å². The fourth-order valence-electron chi connectivity index (χ4n) is 3.61. The fourth-order valence-corrected chi connectivity index (χ4v) is 4.93. The molecular formula is C20H20N2OS. The molecule has 1 aliphatic rings. The average Bonchev–Trinajstić information content (AvgIpc) is 2.59. The smallest absolute Gasteiger partial charge is 0.256 e. The molecular weight excluding hydrogens is 316 g/mol. The molecule has 24 heavy (non-hydrogen) atoms. The van der Waals surface area contributed by atoms with Crippen molar-refractivity contribution in [3.8, 4) is 0 Å². The van der Waals surface area contributed by atoms with Crippen LogP contribution in [0.2, 0.25) is 0 Å². The molecule has 0 saturated carbocycles. The van der Waals surface area contributed by atoms with Gasteiger partial charge in [0.05, 0.1) is 11.1 Å². The molecule has 0 aliphatic carbocycles. The van der Waals surface area contributed by atoms with Crippen molar-refractivity contribution < 1.29 is 4.79 Å². The second kappa shape index (κ2) is 6.10. The number of rotatable bonds is 1. The van der Waals surface area contributed by atoms with E-state index in [0.29, 0.717) is 10.5 Å². The Morgan fingerprint density at radius 1 is 1.08 bits per heavy atom. The molecule has 2 atom stereocenters. The molecule has 3 nitrogen and oxygen atoms in total. The van der Waals surface area contributed by atoms with Crippen LogP contribution >= 0.6 is 11.8 Å². The van der Waals surface area contributed by atoms with Crippen LogP contribution in [0.3, 0.4) is 0 Å². The number of pyridine rings is 1. The molecule has 0 unspecified atom stereocenters. The summed E-state index contributed by atoms with van der Waals surface area (Å²) in [6.07, 6.45) is 1.77. The SMILES string of the molecule is C[C@H]1CN(C(=O)c2cc3ccccc3c3cccnc23)C[C@H](C)S1. The van der Waals surface area contributed by atoms with Crippen LogP contribution in [0.1, 0.15) is 24.2 Å². The van der Waals surface area contributed by atoms with Crippen molar-refractivity contribution in [1.29, 1.82) is 0 Å². The number of benzene rings is 2. The van der Waals surface area contributed by atoms with E-state index in [-0.39, 0.29) is 5.91 Å². The summed E-state index contributed by atoms with van der Waals surface area (Å²) in [7, 11) is 0. The molecule has 1 amide bonds. The van der Waals surface area contributed by atoms with Crippen molar-refractivity contribution in [2.75, 3.05) is 13.1 Å². The van der Waals surface area contributed by atoms with E-state index in [1.807, 2.05) is 40.9 Å². The van der Waals surface area contributed by atoms with Crippen molar-refractivity contribution in [2.24, 2.45) is 0 Å². The molecule has 2 heterocycles. The zero-order valence-electron chi connectivity index (χ0n) is 13.9. The fraction of sp³-hybridized carbons (Fsp3) is 0.300. The van der Waals surface area contributed by atoms with Crippen LogP contribution < -0.4 is 0 Å². The van der Waals surface area contributed by atoms with Crippen LogP contribution in [0, 0.1) is 0 Å². The number of thioether (sulfide) groups is 1. The molecule has 0 N–H and O–H groups in total. The van der Waals surface area contributed by atoms with Gasteiger partial charge in [0, 0.05) is 35.2 Å². The van der Waals surface area contributed by atoms with Gasteiger partial charge in [-0.05, 0) is 22.9 Å². The number of carbonyl (C=O) groups is 1. The van der Waals surface area contributed by atoms with Crippen LogP contribution in [0.5, 0.6) is 0 Å². The van der Waals surface area contributed by atoms with Crippen LogP contribution in [0.4, 0.5) is 0 Å². The second-order valence-corrected chi connectivity index (χ2v) is 8.39. The van der Waals surface area contributed by atoms with E-state index in [9.17, 15) is 4.79 Å². The van der Waals surface area contributed by atoms with E-state index >= 15 is 0 Å². The van der Waals surface area contributed by atoms with Crippen LogP contribution in [-0.2, 0) is 0 Å². The molecule has 3 aromatic rings. The minimum absolute atomic E-state index is 0.100. The van der Waals surface area contributed by atoms with Crippen molar-refractivity contribution in [1.82, 2.24) is 9.88 Å². The van der Waals surface area contributed by atoms with Crippen LogP contribution in [0.25, 0.3) is 21.7 Å². The zero-order valence-corrected chi connectivity index (χ0v) is 14.7. The minimum Gasteiger partial charge on any atom is -0.336 e. The molecule has 122 valence electrons. The second-order valence-electron chi connectivity index (χ2n) is 6.51. The number of fused-ring (bicyclic) bond motifs is 3. The van der Waals surface area contributed by atoms with E-state index in [0.717, 1.165) is 40.3 Å². The van der Waals surface area contributed by atoms with Crippen molar-refractivity contribution in [3.05, 3.63) is 54.2 Å². The standard InChI is InChI=1S/C20H20N2OS/c1-13-11-22(12-14(2)24-13)20(23)18-10-15-6-3-4-7-16(15)17-8-5-9-21-19(17)18/h3-10,13-14H,11-12H2,1-2H3/t13-,14-/m0/s1. The van der Waals surface area contributed by atoms with Crippen LogP contribution in [0.15, 0.2) is 48.7 Å². The maximum absolute atomic E-state index is 13.2. The van der Waals surface area contributed by atoms with Gasteiger partial charge in [0.25, 0.3) is 5.91 Å². The first-order valence-corrected chi connectivity index (χ1v) is 9.29. The zero-order chi connectivity index (χ0) is 16.7. The quantitative estimate of drug-likeness (QED) is 0.619. The first-order chi connectivity index (χ1) is 11.6. The lowest BCUT2D eigenvalue weighted by Crippen LogP contribution is -2.44.